The number of aromatic carboxylic acids is 2. The second kappa shape index (κ2) is 9.73. The monoisotopic (exact) mass is 437 g/mol. The van der Waals surface area contributed by atoms with Crippen LogP contribution in [0.25, 0.3) is 0 Å². The Bertz CT molecular complexity index is 1100. The molecule has 0 aliphatic heterocycles. The van der Waals surface area contributed by atoms with Crippen LogP contribution in [0.5, 0.6) is 5.75 Å². The van der Waals surface area contributed by atoms with Gasteiger partial charge in [0.25, 0.3) is 0 Å². The van der Waals surface area contributed by atoms with Crippen molar-refractivity contribution >= 4 is 29.0 Å². The van der Waals surface area contributed by atoms with E-state index in [2.05, 4.69) is 0 Å². The molecule has 0 atom stereocenters. The van der Waals surface area contributed by atoms with Gasteiger partial charge in [0.1, 0.15) is 0 Å². The zero-order valence-electron chi connectivity index (χ0n) is 16.2. The fourth-order valence-electron chi connectivity index (χ4n) is 2.41. The van der Waals surface area contributed by atoms with Crippen LogP contribution in [0.15, 0.2) is 24.3 Å². The first kappa shape index (κ1) is 24.4. The average Bonchev–Trinajstić information content (AvgIpc) is 2.66. The average molecular weight is 437 g/mol. The third-order valence-corrected chi connectivity index (χ3v) is 3.90. The molecule has 0 saturated carbocycles. The van der Waals surface area contributed by atoms with Crippen molar-refractivity contribution in [2.45, 2.75) is 13.8 Å². The molecule has 0 aliphatic rings. The Morgan fingerprint density at radius 1 is 0.742 bits per heavy atom. The summed E-state index contributed by atoms with van der Waals surface area (Å²) < 4.78 is 4.79. The molecule has 0 saturated heterocycles. The van der Waals surface area contributed by atoms with Crippen LogP contribution in [-0.4, -0.2) is 44.0 Å². The van der Waals surface area contributed by atoms with Gasteiger partial charge in [0.05, 0.1) is 33.0 Å². The van der Waals surface area contributed by atoms with E-state index < -0.39 is 38.1 Å². The summed E-state index contributed by atoms with van der Waals surface area (Å²) in [5.41, 5.74) is -1.78. The van der Waals surface area contributed by atoms with Crippen LogP contribution in [0.1, 0.15) is 31.8 Å². The third-order valence-electron chi connectivity index (χ3n) is 3.90. The van der Waals surface area contributed by atoms with E-state index in [1.165, 1.54) is 20.1 Å². The highest BCUT2D eigenvalue weighted by Gasteiger charge is 2.27. The lowest BCUT2D eigenvalue weighted by Gasteiger charge is -2.05. The number of nitrogens with zero attached hydrogens (tertiary/aromatic N) is 3. The SMILES string of the molecule is COc1cc(C)c(C(=O)O)cc1[N+](=O)[O-].Cc1cc([N+](=O)[O-])c([N+](=O)[O-])cc1C(=O)O. The molecule has 0 aliphatic carbocycles. The molecule has 0 amide bonds. The molecule has 14 heteroatoms. The predicted molar refractivity (Wildman–Crippen MR) is 103 cm³/mol. The number of nitro benzene ring substituents is 3. The molecule has 2 rings (SSSR count). The van der Waals surface area contributed by atoms with Crippen molar-refractivity contribution in [3.63, 3.8) is 0 Å². The Hall–Kier alpha value is -4.62. The minimum Gasteiger partial charge on any atom is -0.490 e. The van der Waals surface area contributed by atoms with Gasteiger partial charge in [-0.15, -0.1) is 0 Å². The van der Waals surface area contributed by atoms with Crippen molar-refractivity contribution in [2.24, 2.45) is 0 Å². The van der Waals surface area contributed by atoms with Crippen molar-refractivity contribution in [1.82, 2.24) is 0 Å². The minimum atomic E-state index is -1.37. The third kappa shape index (κ3) is 5.69. The lowest BCUT2D eigenvalue weighted by atomic mass is 10.1. The van der Waals surface area contributed by atoms with Gasteiger partial charge in [-0.1, -0.05) is 0 Å². The molecule has 31 heavy (non-hydrogen) atoms. The van der Waals surface area contributed by atoms with Gasteiger partial charge in [0, 0.05) is 18.2 Å². The lowest BCUT2D eigenvalue weighted by molar-refractivity contribution is -0.422. The highest BCUT2D eigenvalue weighted by atomic mass is 16.6. The Kier molecular flexibility index (Phi) is 7.66. The van der Waals surface area contributed by atoms with Gasteiger partial charge >= 0.3 is 29.0 Å². The zero-order valence-corrected chi connectivity index (χ0v) is 16.2. The summed E-state index contributed by atoms with van der Waals surface area (Å²) in [4.78, 5) is 50.5. The summed E-state index contributed by atoms with van der Waals surface area (Å²) >= 11 is 0. The van der Waals surface area contributed by atoms with Crippen LogP contribution in [0, 0.1) is 44.2 Å². The Labute approximate surface area is 172 Å². The molecule has 2 aromatic rings. The van der Waals surface area contributed by atoms with Crippen LogP contribution in [0.3, 0.4) is 0 Å². The number of aryl methyl sites for hydroxylation is 2. The summed E-state index contributed by atoms with van der Waals surface area (Å²) in [6.45, 7) is 2.88. The van der Waals surface area contributed by atoms with Gasteiger partial charge in [-0.3, -0.25) is 30.3 Å². The van der Waals surface area contributed by atoms with Crippen LogP contribution in [0.4, 0.5) is 17.1 Å². The maximum atomic E-state index is 10.7. The topological polar surface area (TPSA) is 213 Å². The van der Waals surface area contributed by atoms with Gasteiger partial charge in [-0.05, 0) is 31.0 Å². The van der Waals surface area contributed by atoms with E-state index in [4.69, 9.17) is 14.9 Å². The first-order valence-electron chi connectivity index (χ1n) is 8.04. The molecule has 2 N–H and O–H groups in total. The van der Waals surface area contributed by atoms with Crippen LogP contribution in [0.2, 0.25) is 0 Å². The number of methoxy groups -OCH3 is 1. The van der Waals surface area contributed by atoms with Crippen molar-refractivity contribution in [3.05, 3.63) is 76.9 Å². The van der Waals surface area contributed by atoms with Gasteiger partial charge < -0.3 is 14.9 Å². The normalized spacial score (nSPS) is 9.77. The number of hydrogen-bond acceptors (Lipinski definition) is 9. The molecular weight excluding hydrogens is 422 g/mol. The Morgan fingerprint density at radius 3 is 1.45 bits per heavy atom. The van der Waals surface area contributed by atoms with E-state index in [0.717, 1.165) is 12.1 Å². The molecule has 0 unspecified atom stereocenters. The summed E-state index contributed by atoms with van der Waals surface area (Å²) in [5, 5.41) is 49.1. The first-order valence-corrected chi connectivity index (χ1v) is 8.04. The molecule has 0 heterocycles. The predicted octanol–water partition coefficient (Wildman–Crippen LogP) is 3.12. The first-order chi connectivity index (χ1) is 14.3. The van der Waals surface area contributed by atoms with Crippen LogP contribution < -0.4 is 4.74 Å². The smallest absolute Gasteiger partial charge is 0.346 e. The molecule has 14 nitrogen and oxygen atoms in total. The number of carbonyl (C=O) groups is 2. The van der Waals surface area contributed by atoms with Crippen molar-refractivity contribution in [1.29, 1.82) is 0 Å². The summed E-state index contributed by atoms with van der Waals surface area (Å²) in [5.74, 6) is -2.50. The largest absolute Gasteiger partial charge is 0.490 e. The summed E-state index contributed by atoms with van der Waals surface area (Å²) in [6, 6.07) is 3.90. The van der Waals surface area contributed by atoms with Crippen molar-refractivity contribution in [3.8, 4) is 5.75 Å². The molecular formula is C17H15N3O11. The lowest BCUT2D eigenvalue weighted by Crippen LogP contribution is -2.04. The van der Waals surface area contributed by atoms with Gasteiger partial charge in [0.2, 0.25) is 0 Å². The zero-order chi connectivity index (χ0) is 24.0. The highest BCUT2D eigenvalue weighted by molar-refractivity contribution is 5.91. The molecule has 2 aromatic carbocycles. The van der Waals surface area contributed by atoms with Crippen LogP contribution in [-0.2, 0) is 0 Å². The van der Waals surface area contributed by atoms with Crippen molar-refractivity contribution in [2.75, 3.05) is 7.11 Å². The number of rotatable bonds is 6. The standard InChI is InChI=1S/C9H9NO5.C8H6N2O6/c1-5-3-8(15-2)7(10(13)14)4-6(5)9(11)12;1-4-2-6(9(13)14)7(10(15)16)3-5(4)8(11)12/h3-4H,1-2H3,(H,11,12);2-3H,1H3,(H,11,12). The summed E-state index contributed by atoms with van der Waals surface area (Å²) in [7, 11) is 1.29. The number of benzene rings is 2. The van der Waals surface area contributed by atoms with E-state index in [1.54, 1.807) is 6.92 Å². The number of carboxylic acid groups (broad SMARTS) is 2. The fraction of sp³-hybridized carbons (Fsp3) is 0.176. The second-order valence-corrected chi connectivity index (χ2v) is 5.88. The number of ether oxygens (including phenoxy) is 1. The fourth-order valence-corrected chi connectivity index (χ4v) is 2.41. The van der Waals surface area contributed by atoms with E-state index >= 15 is 0 Å². The number of hydrogen-bond donors (Lipinski definition) is 2. The molecule has 0 radical (unpaired) electrons. The number of carboxylic acids is 2. The summed E-state index contributed by atoms with van der Waals surface area (Å²) in [6.07, 6.45) is 0. The van der Waals surface area contributed by atoms with Crippen molar-refractivity contribution < 1.29 is 39.3 Å². The van der Waals surface area contributed by atoms with E-state index in [0.29, 0.717) is 11.6 Å². The maximum Gasteiger partial charge on any atom is 0.346 e. The van der Waals surface area contributed by atoms with Gasteiger partial charge in [-0.2, -0.15) is 0 Å². The van der Waals surface area contributed by atoms with E-state index in [1.807, 2.05) is 0 Å². The second-order valence-electron chi connectivity index (χ2n) is 5.88. The van der Waals surface area contributed by atoms with E-state index in [-0.39, 0.29) is 28.1 Å². The quantitative estimate of drug-likeness (QED) is 0.494. The van der Waals surface area contributed by atoms with Crippen LogP contribution >= 0.6 is 0 Å². The Morgan fingerprint density at radius 2 is 1.10 bits per heavy atom. The minimum absolute atomic E-state index is 0.0579. The molecule has 164 valence electrons. The van der Waals surface area contributed by atoms with Gasteiger partial charge in [-0.25, -0.2) is 9.59 Å². The Balaban J connectivity index is 0.000000311. The molecule has 0 fully saturated rings. The molecule has 0 spiro atoms. The highest BCUT2D eigenvalue weighted by Crippen LogP contribution is 2.31. The molecule has 0 aromatic heterocycles. The molecule has 0 bridgehead atoms. The number of nitro groups is 3. The van der Waals surface area contributed by atoms with Gasteiger partial charge in [0.15, 0.2) is 5.75 Å². The maximum absolute atomic E-state index is 10.7. The van der Waals surface area contributed by atoms with E-state index in [9.17, 15) is 39.9 Å².